The van der Waals surface area contributed by atoms with E-state index in [9.17, 15) is 9.59 Å². The van der Waals surface area contributed by atoms with Crippen LogP contribution in [-0.2, 0) is 4.79 Å². The lowest BCUT2D eigenvalue weighted by Crippen LogP contribution is -2.34. The molecular formula is C26H24N6O2S. The molecule has 1 atom stereocenters. The number of hydrogen-bond donors (Lipinski definition) is 2. The zero-order valence-corrected chi connectivity index (χ0v) is 20.1. The molecule has 0 spiro atoms. The second-order valence-electron chi connectivity index (χ2n) is 8.97. The van der Waals surface area contributed by atoms with Crippen LogP contribution >= 0.6 is 11.3 Å². The summed E-state index contributed by atoms with van der Waals surface area (Å²) in [5, 5.41) is 17.5. The Morgan fingerprint density at radius 1 is 1.11 bits per heavy atom. The Morgan fingerprint density at radius 2 is 1.94 bits per heavy atom. The lowest BCUT2D eigenvalue weighted by molar-refractivity contribution is -0.108. The molecule has 1 aromatic carbocycles. The third-order valence-corrected chi connectivity index (χ3v) is 7.73. The predicted octanol–water partition coefficient (Wildman–Crippen LogP) is 3.74. The molecular weight excluding hydrogens is 460 g/mol. The first kappa shape index (κ1) is 21.8. The summed E-state index contributed by atoms with van der Waals surface area (Å²) < 4.78 is 1.06. The van der Waals surface area contributed by atoms with Gasteiger partial charge in [0.15, 0.2) is 0 Å². The van der Waals surface area contributed by atoms with E-state index in [4.69, 9.17) is 4.98 Å². The minimum Gasteiger partial charge on any atom is -0.381 e. The maximum absolute atomic E-state index is 12.7. The molecule has 0 radical (unpaired) electrons. The molecule has 2 N–H and O–H groups in total. The number of benzene rings is 1. The minimum atomic E-state index is -0.0312. The molecule has 8 nitrogen and oxygen atoms in total. The van der Waals surface area contributed by atoms with Crippen molar-refractivity contribution in [1.29, 1.82) is 0 Å². The molecule has 3 aromatic heterocycles. The van der Waals surface area contributed by atoms with Crippen LogP contribution in [0.15, 0.2) is 42.5 Å². The van der Waals surface area contributed by atoms with Crippen LogP contribution < -0.4 is 10.6 Å². The maximum Gasteiger partial charge on any atom is 0.263 e. The number of hydrogen-bond acceptors (Lipinski definition) is 8. The quantitative estimate of drug-likeness (QED) is 0.426. The number of rotatable bonds is 4. The Morgan fingerprint density at radius 3 is 2.71 bits per heavy atom. The van der Waals surface area contributed by atoms with E-state index in [1.807, 2.05) is 37.3 Å². The minimum absolute atomic E-state index is 0.0312. The Balaban J connectivity index is 1.32. The van der Waals surface area contributed by atoms with Gasteiger partial charge < -0.3 is 15.4 Å². The van der Waals surface area contributed by atoms with E-state index in [1.165, 1.54) is 11.3 Å². The predicted molar refractivity (Wildman–Crippen MR) is 139 cm³/mol. The Labute approximate surface area is 206 Å². The van der Waals surface area contributed by atoms with Crippen molar-refractivity contribution in [3.8, 4) is 11.4 Å². The third-order valence-electron chi connectivity index (χ3n) is 6.57. The monoisotopic (exact) mass is 484 g/mol. The number of aldehydes is 1. The number of amides is 1. The molecule has 0 saturated carbocycles. The van der Waals surface area contributed by atoms with Crippen molar-refractivity contribution < 1.29 is 9.59 Å². The summed E-state index contributed by atoms with van der Waals surface area (Å²) in [5.74, 6) is -0.0312. The Hall–Kier alpha value is -3.69. The van der Waals surface area contributed by atoms with E-state index < -0.39 is 0 Å². The largest absolute Gasteiger partial charge is 0.381 e. The topological polar surface area (TPSA) is 100 Å². The van der Waals surface area contributed by atoms with Crippen molar-refractivity contribution in [2.75, 3.05) is 31.5 Å². The van der Waals surface area contributed by atoms with Gasteiger partial charge >= 0.3 is 0 Å². The average Bonchev–Trinajstić information content (AvgIpc) is 3.21. The van der Waals surface area contributed by atoms with E-state index in [-0.39, 0.29) is 11.9 Å². The number of nitrogens with one attached hydrogen (secondary N) is 2. The van der Waals surface area contributed by atoms with E-state index in [2.05, 4.69) is 37.9 Å². The van der Waals surface area contributed by atoms with Gasteiger partial charge in [-0.15, -0.1) is 16.4 Å². The van der Waals surface area contributed by atoms with Crippen molar-refractivity contribution in [2.24, 2.45) is 0 Å². The Bertz CT molecular complexity index is 1490. The summed E-state index contributed by atoms with van der Waals surface area (Å²) in [6.45, 7) is 4.73. The molecule has 176 valence electrons. The number of pyridine rings is 1. The number of carbonyl (C=O) groups is 2. The molecule has 35 heavy (non-hydrogen) atoms. The van der Waals surface area contributed by atoms with Gasteiger partial charge in [-0.1, -0.05) is 6.08 Å². The number of fused-ring (bicyclic) bond motifs is 5. The van der Waals surface area contributed by atoms with Gasteiger partial charge in [-0.05, 0) is 55.3 Å². The molecule has 9 heteroatoms. The van der Waals surface area contributed by atoms with E-state index in [0.717, 1.165) is 69.4 Å². The summed E-state index contributed by atoms with van der Waals surface area (Å²) in [4.78, 5) is 31.1. The molecule has 5 heterocycles. The van der Waals surface area contributed by atoms with Crippen LogP contribution in [0.25, 0.3) is 38.0 Å². The van der Waals surface area contributed by atoms with Gasteiger partial charge in [0, 0.05) is 41.1 Å². The number of thiophene rings is 1. The van der Waals surface area contributed by atoms with Crippen LogP contribution in [0.1, 0.15) is 28.7 Å². The van der Waals surface area contributed by atoms with Crippen molar-refractivity contribution in [3.05, 3.63) is 53.0 Å². The summed E-state index contributed by atoms with van der Waals surface area (Å²) in [6, 6.07) is 12.1. The van der Waals surface area contributed by atoms with Crippen molar-refractivity contribution in [3.63, 3.8) is 0 Å². The molecule has 0 saturated heterocycles. The molecule has 0 bridgehead atoms. The first-order valence-electron chi connectivity index (χ1n) is 11.7. The SMILES string of the molecule is C[C@@H]1CNc2c(sc3ccc4nc(-c5ccc(C6=CCN(CC=O)CC6)nn5)ccc4c23)C(=O)N1. The number of nitrogens with zero attached hydrogens (tertiary/aromatic N) is 4. The highest BCUT2D eigenvalue weighted by Gasteiger charge is 2.25. The molecule has 0 unspecified atom stereocenters. The fraction of sp³-hybridized carbons (Fsp3) is 0.269. The van der Waals surface area contributed by atoms with Gasteiger partial charge in [0.05, 0.1) is 29.1 Å². The zero-order valence-electron chi connectivity index (χ0n) is 19.2. The number of aromatic nitrogens is 3. The van der Waals surface area contributed by atoms with E-state index in [0.29, 0.717) is 23.7 Å². The van der Waals surface area contributed by atoms with Crippen LogP contribution in [-0.4, -0.2) is 64.5 Å². The van der Waals surface area contributed by atoms with Gasteiger partial charge in [-0.3, -0.25) is 9.69 Å². The van der Waals surface area contributed by atoms with Gasteiger partial charge in [-0.2, -0.15) is 5.10 Å². The number of carbonyl (C=O) groups excluding carboxylic acids is 2. The molecule has 6 rings (SSSR count). The molecule has 1 amide bonds. The van der Waals surface area contributed by atoms with Crippen LogP contribution in [0.5, 0.6) is 0 Å². The van der Waals surface area contributed by atoms with Gasteiger partial charge in [0.25, 0.3) is 5.91 Å². The average molecular weight is 485 g/mol. The third kappa shape index (κ3) is 3.96. The zero-order chi connectivity index (χ0) is 23.9. The fourth-order valence-electron chi connectivity index (χ4n) is 4.72. The highest BCUT2D eigenvalue weighted by Crippen LogP contribution is 2.41. The second-order valence-corrected chi connectivity index (χ2v) is 10.0. The van der Waals surface area contributed by atoms with Gasteiger partial charge in [-0.25, -0.2) is 4.98 Å². The lowest BCUT2D eigenvalue weighted by Gasteiger charge is -2.23. The summed E-state index contributed by atoms with van der Waals surface area (Å²) in [5.41, 5.74) is 5.23. The molecule has 0 fully saturated rings. The van der Waals surface area contributed by atoms with Crippen molar-refractivity contribution >= 4 is 55.8 Å². The highest BCUT2D eigenvalue weighted by molar-refractivity contribution is 7.21. The van der Waals surface area contributed by atoms with Crippen molar-refractivity contribution in [2.45, 2.75) is 19.4 Å². The Kier molecular flexibility index (Phi) is 5.50. The summed E-state index contributed by atoms with van der Waals surface area (Å²) in [6.07, 6.45) is 3.91. The van der Waals surface area contributed by atoms with Crippen molar-refractivity contribution in [1.82, 2.24) is 25.4 Å². The van der Waals surface area contributed by atoms with Crippen LogP contribution in [0, 0.1) is 0 Å². The number of anilines is 1. The first-order valence-corrected chi connectivity index (χ1v) is 12.5. The highest BCUT2D eigenvalue weighted by atomic mass is 32.1. The smallest absolute Gasteiger partial charge is 0.263 e. The second kappa shape index (κ2) is 8.83. The maximum atomic E-state index is 12.7. The summed E-state index contributed by atoms with van der Waals surface area (Å²) >= 11 is 1.51. The van der Waals surface area contributed by atoms with E-state index >= 15 is 0 Å². The standard InChI is InChI=1S/C26H24N6O2S/c1-15-14-27-24-23-17-2-3-20(29-19(17)6-7-22(23)35-25(24)26(34)28-15)21-5-4-18(30-31-21)16-8-10-32(11-9-16)12-13-33/h2-8,13,15,27H,9-12,14H2,1H3,(H,28,34)/t15-/m1/s1. The molecule has 0 aliphatic carbocycles. The molecule has 4 aromatic rings. The lowest BCUT2D eigenvalue weighted by atomic mass is 10.0. The van der Waals surface area contributed by atoms with Crippen LogP contribution in [0.4, 0.5) is 5.69 Å². The van der Waals surface area contributed by atoms with Gasteiger partial charge in [0.1, 0.15) is 16.9 Å². The van der Waals surface area contributed by atoms with Crippen LogP contribution in [0.3, 0.4) is 0 Å². The molecule has 2 aliphatic heterocycles. The molecule has 2 aliphatic rings. The van der Waals surface area contributed by atoms with E-state index in [1.54, 1.807) is 0 Å². The first-order chi connectivity index (χ1) is 17.1. The van der Waals surface area contributed by atoms with Crippen LogP contribution in [0.2, 0.25) is 0 Å². The van der Waals surface area contributed by atoms with Gasteiger partial charge in [0.2, 0.25) is 0 Å². The fourth-order valence-corrected chi connectivity index (χ4v) is 5.82. The summed E-state index contributed by atoms with van der Waals surface area (Å²) in [7, 11) is 0. The normalized spacial score (nSPS) is 18.5.